The summed E-state index contributed by atoms with van der Waals surface area (Å²) in [5.41, 5.74) is 5.19. The summed E-state index contributed by atoms with van der Waals surface area (Å²) in [5.74, 6) is -0.399. The van der Waals surface area contributed by atoms with Crippen molar-refractivity contribution in [3.8, 4) is 0 Å². The molecule has 2 atom stereocenters. The first kappa shape index (κ1) is 47.4. The maximum Gasteiger partial charge on any atom is 0.472 e. The first-order valence-electron chi connectivity index (χ1n) is 18.8. The number of nitrogens with two attached hydrogens (primary N) is 1. The molecular formula is C41H68NO7P. The Kier molecular flexibility index (Phi) is 35.7. The highest BCUT2D eigenvalue weighted by atomic mass is 31.2. The summed E-state index contributed by atoms with van der Waals surface area (Å²) in [6.07, 6.45) is 52.8. The summed E-state index contributed by atoms with van der Waals surface area (Å²) in [6.45, 7) is 1.31. The third-order valence-electron chi connectivity index (χ3n) is 7.21. The number of esters is 1. The fourth-order valence-corrected chi connectivity index (χ4v) is 5.24. The molecule has 0 radical (unpaired) electrons. The molecule has 0 heterocycles. The molecule has 0 saturated carbocycles. The SMILES string of the molecule is CC/C=C\C/C=C\C/C=C\C/C=C\C/C=C\C/C=C\C/C=C\C/C=C\CCCCCCCCCCC(=O)OCC(O)COP(=O)(O)OCCN. The highest BCUT2D eigenvalue weighted by molar-refractivity contribution is 7.47. The van der Waals surface area contributed by atoms with Gasteiger partial charge in [-0.3, -0.25) is 13.8 Å². The zero-order valence-corrected chi connectivity index (χ0v) is 31.7. The van der Waals surface area contributed by atoms with Gasteiger partial charge in [-0.05, 0) is 70.6 Å². The molecule has 0 aromatic heterocycles. The van der Waals surface area contributed by atoms with Gasteiger partial charge in [0.15, 0.2) is 0 Å². The smallest absolute Gasteiger partial charge is 0.463 e. The predicted molar refractivity (Wildman–Crippen MR) is 210 cm³/mol. The van der Waals surface area contributed by atoms with E-state index in [1.807, 2.05) is 0 Å². The minimum atomic E-state index is -4.26. The Bertz CT molecular complexity index is 1070. The Morgan fingerprint density at radius 1 is 0.600 bits per heavy atom. The lowest BCUT2D eigenvalue weighted by Gasteiger charge is -2.15. The number of rotatable bonds is 34. The number of aliphatic hydroxyl groups is 1. The number of phosphoric ester groups is 1. The minimum absolute atomic E-state index is 0.0681. The third-order valence-corrected chi connectivity index (χ3v) is 8.20. The van der Waals surface area contributed by atoms with Crippen LogP contribution in [-0.4, -0.2) is 48.4 Å². The number of ether oxygens (including phenoxy) is 1. The van der Waals surface area contributed by atoms with Crippen LogP contribution in [0.2, 0.25) is 0 Å². The summed E-state index contributed by atoms with van der Waals surface area (Å²) in [5, 5.41) is 9.75. The minimum Gasteiger partial charge on any atom is -0.463 e. The van der Waals surface area contributed by atoms with Gasteiger partial charge in [-0.2, -0.15) is 0 Å². The van der Waals surface area contributed by atoms with Crippen LogP contribution < -0.4 is 5.73 Å². The number of allylic oxidation sites excluding steroid dienone is 16. The van der Waals surface area contributed by atoms with E-state index < -0.39 is 26.5 Å². The molecule has 50 heavy (non-hydrogen) atoms. The molecule has 0 aliphatic heterocycles. The molecule has 0 fully saturated rings. The highest BCUT2D eigenvalue weighted by Crippen LogP contribution is 2.42. The van der Waals surface area contributed by atoms with Crippen molar-refractivity contribution in [1.82, 2.24) is 0 Å². The maximum absolute atomic E-state index is 11.8. The van der Waals surface area contributed by atoms with Crippen molar-refractivity contribution in [3.63, 3.8) is 0 Å². The van der Waals surface area contributed by atoms with Crippen molar-refractivity contribution in [2.45, 2.75) is 129 Å². The molecule has 0 rings (SSSR count). The molecule has 9 heteroatoms. The molecular weight excluding hydrogens is 649 g/mol. The van der Waals surface area contributed by atoms with E-state index in [1.165, 1.54) is 25.7 Å². The number of unbranched alkanes of at least 4 members (excludes halogenated alkanes) is 8. The molecule has 0 bridgehead atoms. The van der Waals surface area contributed by atoms with Gasteiger partial charge in [0.1, 0.15) is 12.7 Å². The zero-order valence-electron chi connectivity index (χ0n) is 30.8. The number of carbonyl (C=O) groups excluding carboxylic acids is 1. The van der Waals surface area contributed by atoms with Crippen LogP contribution in [0.4, 0.5) is 0 Å². The monoisotopic (exact) mass is 717 g/mol. The zero-order chi connectivity index (χ0) is 36.6. The normalized spacial score (nSPS) is 14.7. The molecule has 0 spiro atoms. The standard InChI is InChI=1S/C41H68NO7P/c1-2-3-4-5-6-7-8-9-10-11-12-13-14-15-16-17-18-19-20-21-22-23-24-25-26-27-28-29-30-31-32-33-34-35-41(44)47-38-40(43)39-49-50(45,46)48-37-36-42/h3-4,6-7,9-10,12-13,15-16,18-19,21-22,24-25,40,43H,2,5,8,11,14,17,20,23,26-39,42H2,1H3,(H,45,46)/b4-3-,7-6-,10-9-,13-12-,16-15-,19-18-,22-21-,25-24-. The van der Waals surface area contributed by atoms with Crippen molar-refractivity contribution in [3.05, 3.63) is 97.2 Å². The van der Waals surface area contributed by atoms with E-state index in [2.05, 4.69) is 113 Å². The van der Waals surface area contributed by atoms with Crippen molar-refractivity contribution in [2.75, 3.05) is 26.4 Å². The molecule has 0 aromatic rings. The molecule has 0 aliphatic carbocycles. The third kappa shape index (κ3) is 38.2. The lowest BCUT2D eigenvalue weighted by atomic mass is 10.1. The van der Waals surface area contributed by atoms with E-state index in [0.717, 1.165) is 83.5 Å². The van der Waals surface area contributed by atoms with Gasteiger partial charge in [-0.15, -0.1) is 0 Å². The van der Waals surface area contributed by atoms with E-state index in [1.54, 1.807) is 0 Å². The largest absolute Gasteiger partial charge is 0.472 e. The van der Waals surface area contributed by atoms with E-state index in [9.17, 15) is 19.4 Å². The van der Waals surface area contributed by atoms with Crippen LogP contribution in [0.5, 0.6) is 0 Å². The molecule has 0 saturated heterocycles. The number of aliphatic hydroxyl groups excluding tert-OH is 1. The Morgan fingerprint density at radius 3 is 1.44 bits per heavy atom. The van der Waals surface area contributed by atoms with Gasteiger partial charge in [0.05, 0.1) is 13.2 Å². The summed E-state index contributed by atoms with van der Waals surface area (Å²) < 4.78 is 25.7. The van der Waals surface area contributed by atoms with Gasteiger partial charge in [-0.1, -0.05) is 143 Å². The quantitative estimate of drug-likeness (QED) is 0.0260. The molecule has 2 unspecified atom stereocenters. The van der Waals surface area contributed by atoms with E-state index in [4.69, 9.17) is 10.5 Å². The van der Waals surface area contributed by atoms with Crippen molar-refractivity contribution < 1.29 is 33.1 Å². The van der Waals surface area contributed by atoms with Gasteiger partial charge in [0.25, 0.3) is 0 Å². The van der Waals surface area contributed by atoms with Crippen LogP contribution in [0.3, 0.4) is 0 Å². The molecule has 8 nitrogen and oxygen atoms in total. The molecule has 0 aliphatic rings. The Balaban J connectivity index is 3.54. The second kappa shape index (κ2) is 37.7. The lowest BCUT2D eigenvalue weighted by Crippen LogP contribution is -2.23. The molecule has 0 aromatic carbocycles. The van der Waals surface area contributed by atoms with Gasteiger partial charge in [0, 0.05) is 13.0 Å². The van der Waals surface area contributed by atoms with Gasteiger partial charge in [0.2, 0.25) is 0 Å². The summed E-state index contributed by atoms with van der Waals surface area (Å²) in [4.78, 5) is 21.2. The first-order valence-corrected chi connectivity index (χ1v) is 20.3. The summed E-state index contributed by atoms with van der Waals surface area (Å²) in [6, 6.07) is 0. The second-order valence-corrected chi connectivity index (χ2v) is 13.4. The molecule has 4 N–H and O–H groups in total. The fraction of sp³-hybridized carbons (Fsp3) is 0.585. The van der Waals surface area contributed by atoms with E-state index >= 15 is 0 Å². The van der Waals surface area contributed by atoms with Crippen molar-refractivity contribution >= 4 is 13.8 Å². The number of phosphoric acid groups is 1. The number of hydrogen-bond donors (Lipinski definition) is 3. The van der Waals surface area contributed by atoms with E-state index in [0.29, 0.717) is 0 Å². The lowest BCUT2D eigenvalue weighted by molar-refractivity contribution is -0.147. The van der Waals surface area contributed by atoms with Gasteiger partial charge >= 0.3 is 13.8 Å². The Morgan fingerprint density at radius 2 is 1.00 bits per heavy atom. The van der Waals surface area contributed by atoms with Gasteiger partial charge < -0.3 is 20.5 Å². The van der Waals surface area contributed by atoms with Crippen LogP contribution in [-0.2, 0) is 23.1 Å². The van der Waals surface area contributed by atoms with Crippen LogP contribution in [0.15, 0.2) is 97.2 Å². The van der Waals surface area contributed by atoms with Crippen LogP contribution >= 0.6 is 7.82 Å². The molecule has 284 valence electrons. The maximum atomic E-state index is 11.8. The van der Waals surface area contributed by atoms with Crippen LogP contribution in [0, 0.1) is 0 Å². The number of hydrogen-bond acceptors (Lipinski definition) is 7. The average Bonchev–Trinajstić information content (AvgIpc) is 3.11. The second-order valence-electron chi connectivity index (χ2n) is 11.9. The fourth-order valence-electron chi connectivity index (χ4n) is 4.47. The number of carbonyl (C=O) groups is 1. The van der Waals surface area contributed by atoms with Crippen LogP contribution in [0.1, 0.15) is 122 Å². The predicted octanol–water partition coefficient (Wildman–Crippen LogP) is 10.5. The summed E-state index contributed by atoms with van der Waals surface area (Å²) in [7, 11) is -4.26. The Hall–Kier alpha value is -2.58. The first-order chi connectivity index (χ1) is 24.4. The van der Waals surface area contributed by atoms with E-state index in [-0.39, 0.29) is 26.2 Å². The Labute approximate surface area is 304 Å². The highest BCUT2D eigenvalue weighted by Gasteiger charge is 2.22. The van der Waals surface area contributed by atoms with Crippen molar-refractivity contribution in [2.24, 2.45) is 5.73 Å². The summed E-state index contributed by atoms with van der Waals surface area (Å²) >= 11 is 0. The average molecular weight is 718 g/mol. The molecule has 0 amide bonds. The van der Waals surface area contributed by atoms with Gasteiger partial charge in [-0.25, -0.2) is 4.57 Å². The topological polar surface area (TPSA) is 128 Å². The van der Waals surface area contributed by atoms with Crippen molar-refractivity contribution in [1.29, 1.82) is 0 Å². The van der Waals surface area contributed by atoms with Crippen LogP contribution in [0.25, 0.3) is 0 Å².